The zero-order valence-corrected chi connectivity index (χ0v) is 17.3. The lowest BCUT2D eigenvalue weighted by atomic mass is 9.88. The van der Waals surface area contributed by atoms with Crippen LogP contribution in [0.15, 0.2) is 41.9 Å². The molecule has 2 heterocycles. The summed E-state index contributed by atoms with van der Waals surface area (Å²) in [5, 5.41) is 13.0. The molecule has 6 heteroatoms. The predicted octanol–water partition coefficient (Wildman–Crippen LogP) is 4.88. The highest BCUT2D eigenvalue weighted by molar-refractivity contribution is 7.16. The average molecular weight is 420 g/mol. The average Bonchev–Trinajstić information content (AvgIpc) is 3.50. The van der Waals surface area contributed by atoms with Crippen molar-refractivity contribution in [2.45, 2.75) is 44.2 Å². The lowest BCUT2D eigenvalue weighted by Gasteiger charge is -2.22. The van der Waals surface area contributed by atoms with E-state index in [0.29, 0.717) is 17.5 Å². The van der Waals surface area contributed by atoms with Gasteiger partial charge in [0.15, 0.2) is 5.78 Å². The zero-order valence-electron chi connectivity index (χ0n) is 16.5. The molecule has 1 aromatic heterocycles. The fourth-order valence-electron chi connectivity index (χ4n) is 4.94. The summed E-state index contributed by atoms with van der Waals surface area (Å²) >= 11 is 1.56. The van der Waals surface area contributed by atoms with Crippen LogP contribution < -0.4 is 5.32 Å². The molecule has 0 spiro atoms. The molecule has 30 heavy (non-hydrogen) atoms. The molecule has 1 aliphatic carbocycles. The third kappa shape index (κ3) is 3.64. The number of hydrogen-bond donors (Lipinski definition) is 1. The first-order valence-electron chi connectivity index (χ1n) is 10.4. The number of thiazole rings is 1. The van der Waals surface area contributed by atoms with Crippen LogP contribution in [-0.2, 0) is 11.2 Å². The van der Waals surface area contributed by atoms with Gasteiger partial charge in [0.05, 0.1) is 33.8 Å². The lowest BCUT2D eigenvalue weighted by Crippen LogP contribution is -2.42. The Labute approximate surface area is 178 Å². The van der Waals surface area contributed by atoms with Crippen molar-refractivity contribution < 1.29 is 9.18 Å². The number of carbonyl (C=O) groups excluding carboxylic acids is 1. The molecule has 152 valence electrons. The maximum atomic E-state index is 14.8. The van der Waals surface area contributed by atoms with Crippen molar-refractivity contribution in [1.82, 2.24) is 10.3 Å². The van der Waals surface area contributed by atoms with Crippen LogP contribution in [0.5, 0.6) is 0 Å². The van der Waals surface area contributed by atoms with E-state index in [-0.39, 0.29) is 30.5 Å². The van der Waals surface area contributed by atoms with Crippen LogP contribution in [0.25, 0.3) is 21.3 Å². The van der Waals surface area contributed by atoms with Crippen LogP contribution in [0.2, 0.25) is 0 Å². The van der Waals surface area contributed by atoms with E-state index in [1.54, 1.807) is 22.9 Å². The van der Waals surface area contributed by atoms with Gasteiger partial charge >= 0.3 is 0 Å². The number of nitrogens with zero attached hydrogens (tertiary/aromatic N) is 2. The van der Waals surface area contributed by atoms with Crippen LogP contribution in [0.3, 0.4) is 0 Å². The van der Waals surface area contributed by atoms with Crippen molar-refractivity contribution in [3.05, 3.63) is 53.3 Å². The SMILES string of the molecule is N#C[C@H](CC(=O)[C@H]1N[C@@H]2CC[C@H]1C2)Cc1ccc(-c2ccc3ncsc3c2)cc1F. The minimum atomic E-state index is -0.507. The maximum Gasteiger partial charge on any atom is 0.151 e. The van der Waals surface area contributed by atoms with E-state index >= 15 is 0 Å². The van der Waals surface area contributed by atoms with Crippen LogP contribution in [-0.4, -0.2) is 22.9 Å². The first-order chi connectivity index (χ1) is 14.6. The summed E-state index contributed by atoms with van der Waals surface area (Å²) in [6, 6.07) is 13.6. The van der Waals surface area contributed by atoms with Gasteiger partial charge in [-0.25, -0.2) is 9.37 Å². The number of fused-ring (bicyclic) bond motifs is 3. The molecule has 5 rings (SSSR count). The van der Waals surface area contributed by atoms with Crippen LogP contribution in [0, 0.1) is 29.0 Å². The normalized spacial score (nSPS) is 23.5. The van der Waals surface area contributed by atoms with E-state index in [0.717, 1.165) is 40.6 Å². The summed E-state index contributed by atoms with van der Waals surface area (Å²) < 4.78 is 15.9. The summed E-state index contributed by atoms with van der Waals surface area (Å²) in [7, 11) is 0. The second-order valence-electron chi connectivity index (χ2n) is 8.46. The van der Waals surface area contributed by atoms with E-state index in [1.807, 2.05) is 24.3 Å². The third-order valence-corrected chi connectivity index (χ3v) is 7.31. The van der Waals surface area contributed by atoms with E-state index in [1.165, 1.54) is 6.07 Å². The lowest BCUT2D eigenvalue weighted by molar-refractivity contribution is -0.122. The highest BCUT2D eigenvalue weighted by Crippen LogP contribution is 2.36. The highest BCUT2D eigenvalue weighted by atomic mass is 32.1. The van der Waals surface area contributed by atoms with Crippen molar-refractivity contribution in [2.24, 2.45) is 11.8 Å². The third-order valence-electron chi connectivity index (χ3n) is 6.52. The Balaban J connectivity index is 1.29. The van der Waals surface area contributed by atoms with E-state index in [2.05, 4.69) is 16.4 Å². The summed E-state index contributed by atoms with van der Waals surface area (Å²) in [6.45, 7) is 0. The van der Waals surface area contributed by atoms with Gasteiger partial charge in [0.1, 0.15) is 5.82 Å². The van der Waals surface area contributed by atoms with Crippen molar-refractivity contribution in [3.63, 3.8) is 0 Å². The van der Waals surface area contributed by atoms with Gasteiger partial charge in [-0.05, 0) is 66.5 Å². The molecule has 2 aliphatic rings. The van der Waals surface area contributed by atoms with Gasteiger partial charge in [0.2, 0.25) is 0 Å². The van der Waals surface area contributed by atoms with Gasteiger partial charge in [-0.15, -0.1) is 11.3 Å². The van der Waals surface area contributed by atoms with Gasteiger partial charge in [-0.3, -0.25) is 4.79 Å². The number of aromatic nitrogens is 1. The minimum Gasteiger partial charge on any atom is -0.304 e. The van der Waals surface area contributed by atoms with Crippen molar-refractivity contribution in [3.8, 4) is 17.2 Å². The molecule has 2 aromatic carbocycles. The number of piperidine rings is 1. The standard InChI is InChI=1S/C24H22FN3OS/c25-20-10-15(16-4-6-21-23(11-16)30-13-27-21)1-2-17(20)7-14(12-26)8-22(29)24-18-3-5-19(9-18)28-24/h1-2,4,6,10-11,13-14,18-19,24,28H,3,5,7-9H2/t14-,18-,19+,24-/m0/s1. The first kappa shape index (κ1) is 19.3. The van der Waals surface area contributed by atoms with Crippen LogP contribution in [0.1, 0.15) is 31.2 Å². The van der Waals surface area contributed by atoms with Crippen molar-refractivity contribution in [1.29, 1.82) is 5.26 Å². The van der Waals surface area contributed by atoms with Crippen molar-refractivity contribution in [2.75, 3.05) is 0 Å². The van der Waals surface area contributed by atoms with Gasteiger partial charge in [0, 0.05) is 12.5 Å². The zero-order chi connectivity index (χ0) is 20.7. The van der Waals surface area contributed by atoms with Gasteiger partial charge < -0.3 is 5.32 Å². The van der Waals surface area contributed by atoms with Crippen LogP contribution in [0.4, 0.5) is 4.39 Å². The number of hydrogen-bond acceptors (Lipinski definition) is 5. The summed E-state index contributed by atoms with van der Waals surface area (Å²) in [5.74, 6) is -0.327. The molecule has 0 amide bonds. The fourth-order valence-corrected chi connectivity index (χ4v) is 5.66. The van der Waals surface area contributed by atoms with E-state index in [9.17, 15) is 14.4 Å². The van der Waals surface area contributed by atoms with Gasteiger partial charge in [-0.1, -0.05) is 18.2 Å². The number of halogens is 1. The smallest absolute Gasteiger partial charge is 0.151 e. The topological polar surface area (TPSA) is 65.8 Å². The number of Topliss-reactive ketones (excluding diaryl/α,β-unsaturated/α-hetero) is 1. The molecule has 4 atom stereocenters. The monoisotopic (exact) mass is 419 g/mol. The second-order valence-corrected chi connectivity index (χ2v) is 9.34. The van der Waals surface area contributed by atoms with Gasteiger partial charge in [-0.2, -0.15) is 5.26 Å². The Hall–Kier alpha value is -2.62. The molecular weight excluding hydrogens is 397 g/mol. The number of rotatable bonds is 6. The molecule has 3 aromatic rings. The Morgan fingerprint density at radius 1 is 1.27 bits per heavy atom. The molecule has 1 aliphatic heterocycles. The quantitative estimate of drug-likeness (QED) is 0.618. The Bertz CT molecular complexity index is 1150. The predicted molar refractivity (Wildman–Crippen MR) is 115 cm³/mol. The van der Waals surface area contributed by atoms with Gasteiger partial charge in [0.25, 0.3) is 0 Å². The molecule has 2 fully saturated rings. The number of benzene rings is 2. The molecule has 1 saturated carbocycles. The first-order valence-corrected chi connectivity index (χ1v) is 11.3. The number of ketones is 1. The molecule has 1 N–H and O–H groups in total. The minimum absolute atomic E-state index is 0.101. The Kier molecular flexibility index (Phi) is 5.10. The molecular formula is C24H22FN3OS. The van der Waals surface area contributed by atoms with Crippen LogP contribution >= 0.6 is 11.3 Å². The molecule has 2 bridgehead atoms. The molecule has 0 radical (unpaired) electrons. The second kappa shape index (κ2) is 7.90. The highest BCUT2D eigenvalue weighted by Gasteiger charge is 2.42. The summed E-state index contributed by atoms with van der Waals surface area (Å²) in [4.78, 5) is 17.0. The number of carbonyl (C=O) groups is 1. The van der Waals surface area contributed by atoms with Crippen molar-refractivity contribution >= 4 is 27.3 Å². The Morgan fingerprint density at radius 2 is 2.10 bits per heavy atom. The number of nitrogens with one attached hydrogen (secondary N) is 1. The summed E-state index contributed by atoms with van der Waals surface area (Å²) in [5.41, 5.74) is 4.95. The van der Waals surface area contributed by atoms with E-state index in [4.69, 9.17) is 0 Å². The largest absolute Gasteiger partial charge is 0.304 e. The fraction of sp³-hybridized carbons (Fsp3) is 0.375. The van der Waals surface area contributed by atoms with E-state index < -0.39 is 5.92 Å². The molecule has 1 saturated heterocycles. The summed E-state index contributed by atoms with van der Waals surface area (Å²) in [6.07, 6.45) is 3.74. The Morgan fingerprint density at radius 3 is 2.83 bits per heavy atom. The molecule has 4 nitrogen and oxygen atoms in total. The number of nitriles is 1. The molecule has 0 unspecified atom stereocenters. The maximum absolute atomic E-state index is 14.8.